The SMILES string of the molecule is CCOc1c(Cl)ccc2c(=O)c3ccc(N(C)C)nc3n(CC(=O)O)c12. The lowest BCUT2D eigenvalue weighted by atomic mass is 10.1. The molecule has 7 nitrogen and oxygen atoms in total. The van der Waals surface area contributed by atoms with Gasteiger partial charge in [-0.05, 0) is 31.2 Å². The average Bonchev–Trinajstić information content (AvgIpc) is 2.59. The van der Waals surface area contributed by atoms with E-state index in [9.17, 15) is 14.7 Å². The van der Waals surface area contributed by atoms with Crippen LogP contribution in [-0.2, 0) is 11.3 Å². The van der Waals surface area contributed by atoms with E-state index in [1.165, 1.54) is 4.57 Å². The lowest BCUT2D eigenvalue weighted by molar-refractivity contribution is -0.137. The van der Waals surface area contributed by atoms with Gasteiger partial charge in [-0.3, -0.25) is 9.59 Å². The molecule has 0 atom stereocenters. The molecule has 26 heavy (non-hydrogen) atoms. The van der Waals surface area contributed by atoms with E-state index in [1.54, 1.807) is 36.1 Å². The predicted octanol–water partition coefficient (Wildman–Crippen LogP) is 2.75. The minimum absolute atomic E-state index is 0.243. The summed E-state index contributed by atoms with van der Waals surface area (Å²) < 4.78 is 7.10. The molecule has 0 aliphatic rings. The van der Waals surface area contributed by atoms with E-state index in [4.69, 9.17) is 16.3 Å². The number of pyridine rings is 2. The van der Waals surface area contributed by atoms with Crippen molar-refractivity contribution in [1.82, 2.24) is 9.55 Å². The Balaban J connectivity index is 2.56. The van der Waals surface area contributed by atoms with Crippen molar-refractivity contribution in [2.75, 3.05) is 25.6 Å². The quantitative estimate of drug-likeness (QED) is 0.690. The number of hydrogen-bond acceptors (Lipinski definition) is 5. The van der Waals surface area contributed by atoms with Crippen LogP contribution in [0.25, 0.3) is 21.9 Å². The van der Waals surface area contributed by atoms with Crippen LogP contribution in [0.15, 0.2) is 29.1 Å². The smallest absolute Gasteiger partial charge is 0.323 e. The van der Waals surface area contributed by atoms with E-state index in [0.717, 1.165) is 0 Å². The zero-order chi connectivity index (χ0) is 19.0. The number of benzene rings is 1. The Hall–Kier alpha value is -2.80. The van der Waals surface area contributed by atoms with Gasteiger partial charge < -0.3 is 19.3 Å². The molecule has 0 radical (unpaired) electrons. The van der Waals surface area contributed by atoms with Gasteiger partial charge in [0.25, 0.3) is 0 Å². The first kappa shape index (κ1) is 18.0. The summed E-state index contributed by atoms with van der Waals surface area (Å²) >= 11 is 6.26. The normalized spacial score (nSPS) is 11.1. The molecule has 0 aliphatic carbocycles. The topological polar surface area (TPSA) is 84.7 Å². The molecule has 2 heterocycles. The number of carbonyl (C=O) groups is 1. The number of aromatic nitrogens is 2. The molecule has 1 N–H and O–H groups in total. The van der Waals surface area contributed by atoms with Gasteiger partial charge in [-0.2, -0.15) is 0 Å². The molecule has 0 spiro atoms. The van der Waals surface area contributed by atoms with Gasteiger partial charge in [-0.15, -0.1) is 0 Å². The van der Waals surface area contributed by atoms with Crippen molar-refractivity contribution in [2.24, 2.45) is 0 Å². The maximum Gasteiger partial charge on any atom is 0.323 e. The molecule has 0 fully saturated rings. The number of halogens is 1. The summed E-state index contributed by atoms with van der Waals surface area (Å²) in [6, 6.07) is 6.54. The predicted molar refractivity (Wildman–Crippen MR) is 102 cm³/mol. The van der Waals surface area contributed by atoms with Crippen LogP contribution in [0.4, 0.5) is 5.82 Å². The summed E-state index contributed by atoms with van der Waals surface area (Å²) in [7, 11) is 3.63. The van der Waals surface area contributed by atoms with Crippen LogP contribution in [0, 0.1) is 0 Å². The number of rotatable bonds is 5. The number of carboxylic acid groups (broad SMARTS) is 1. The third-order valence-corrected chi connectivity index (χ3v) is 4.30. The van der Waals surface area contributed by atoms with E-state index in [2.05, 4.69) is 4.98 Å². The number of anilines is 1. The Kier molecular flexibility index (Phi) is 4.73. The lowest BCUT2D eigenvalue weighted by Gasteiger charge is -2.18. The number of fused-ring (bicyclic) bond motifs is 2. The van der Waals surface area contributed by atoms with E-state index in [1.807, 2.05) is 14.1 Å². The van der Waals surface area contributed by atoms with Crippen molar-refractivity contribution in [2.45, 2.75) is 13.5 Å². The highest BCUT2D eigenvalue weighted by Crippen LogP contribution is 2.34. The highest BCUT2D eigenvalue weighted by molar-refractivity contribution is 6.33. The van der Waals surface area contributed by atoms with Gasteiger partial charge in [0.05, 0.1) is 27.9 Å². The van der Waals surface area contributed by atoms with E-state index in [0.29, 0.717) is 33.7 Å². The third-order valence-electron chi connectivity index (χ3n) is 4.00. The van der Waals surface area contributed by atoms with E-state index >= 15 is 0 Å². The van der Waals surface area contributed by atoms with Crippen LogP contribution in [0.3, 0.4) is 0 Å². The molecular formula is C18H18ClN3O4. The fourth-order valence-electron chi connectivity index (χ4n) is 2.89. The molecule has 0 bridgehead atoms. The molecule has 3 aromatic rings. The fraction of sp³-hybridized carbons (Fsp3) is 0.278. The fourth-order valence-corrected chi connectivity index (χ4v) is 3.10. The zero-order valence-electron chi connectivity index (χ0n) is 14.6. The summed E-state index contributed by atoms with van der Waals surface area (Å²) in [5.74, 6) is -0.171. The first-order chi connectivity index (χ1) is 12.3. The molecular weight excluding hydrogens is 358 g/mol. The summed E-state index contributed by atoms with van der Waals surface area (Å²) in [6.07, 6.45) is 0. The summed E-state index contributed by atoms with van der Waals surface area (Å²) in [4.78, 5) is 30.7. The molecule has 0 unspecified atom stereocenters. The Morgan fingerprint density at radius 1 is 1.27 bits per heavy atom. The van der Waals surface area contributed by atoms with Crippen molar-refractivity contribution in [3.63, 3.8) is 0 Å². The van der Waals surface area contributed by atoms with Crippen LogP contribution in [0.1, 0.15) is 6.92 Å². The van der Waals surface area contributed by atoms with Gasteiger partial charge in [0.15, 0.2) is 11.2 Å². The van der Waals surface area contributed by atoms with Crippen LogP contribution in [0.2, 0.25) is 5.02 Å². The highest BCUT2D eigenvalue weighted by atomic mass is 35.5. The molecule has 1 aromatic carbocycles. The minimum atomic E-state index is -1.06. The second kappa shape index (κ2) is 6.84. The molecule has 0 saturated carbocycles. The molecule has 136 valence electrons. The molecule has 8 heteroatoms. The van der Waals surface area contributed by atoms with Gasteiger partial charge in [0.1, 0.15) is 18.0 Å². The van der Waals surface area contributed by atoms with Crippen molar-refractivity contribution in [1.29, 1.82) is 0 Å². The monoisotopic (exact) mass is 375 g/mol. The number of carboxylic acids is 1. The van der Waals surface area contributed by atoms with Gasteiger partial charge >= 0.3 is 5.97 Å². The Morgan fingerprint density at radius 2 is 1.96 bits per heavy atom. The maximum atomic E-state index is 13.0. The lowest BCUT2D eigenvalue weighted by Crippen LogP contribution is -2.19. The molecule has 0 aliphatic heterocycles. The van der Waals surface area contributed by atoms with Crippen LogP contribution < -0.4 is 15.1 Å². The number of ether oxygens (including phenoxy) is 1. The van der Waals surface area contributed by atoms with E-state index in [-0.39, 0.29) is 23.4 Å². The van der Waals surface area contributed by atoms with Gasteiger partial charge in [0.2, 0.25) is 0 Å². The molecule has 0 amide bonds. The Morgan fingerprint density at radius 3 is 2.58 bits per heavy atom. The first-order valence-electron chi connectivity index (χ1n) is 8.02. The Bertz CT molecular complexity index is 1080. The average molecular weight is 376 g/mol. The largest absolute Gasteiger partial charge is 0.490 e. The molecule has 0 saturated heterocycles. The van der Waals surface area contributed by atoms with E-state index < -0.39 is 5.97 Å². The molecule has 2 aromatic heterocycles. The zero-order valence-corrected chi connectivity index (χ0v) is 15.4. The van der Waals surface area contributed by atoms with Crippen molar-refractivity contribution in [3.8, 4) is 5.75 Å². The number of aliphatic carboxylic acids is 1. The minimum Gasteiger partial charge on any atom is -0.490 e. The summed E-state index contributed by atoms with van der Waals surface area (Å²) in [5.41, 5.74) is 0.369. The number of nitrogens with zero attached hydrogens (tertiary/aromatic N) is 3. The van der Waals surface area contributed by atoms with Crippen molar-refractivity contribution >= 4 is 45.3 Å². The highest BCUT2D eigenvalue weighted by Gasteiger charge is 2.20. The van der Waals surface area contributed by atoms with Crippen molar-refractivity contribution in [3.05, 3.63) is 39.5 Å². The van der Waals surface area contributed by atoms with Gasteiger partial charge in [-0.1, -0.05) is 11.6 Å². The second-order valence-corrected chi connectivity index (χ2v) is 6.36. The summed E-state index contributed by atoms with van der Waals surface area (Å²) in [5, 5.41) is 10.4. The number of hydrogen-bond donors (Lipinski definition) is 1. The summed E-state index contributed by atoms with van der Waals surface area (Å²) in [6.45, 7) is 1.74. The third kappa shape index (κ3) is 2.94. The molecule has 3 rings (SSSR count). The second-order valence-electron chi connectivity index (χ2n) is 5.95. The van der Waals surface area contributed by atoms with Crippen molar-refractivity contribution < 1.29 is 14.6 Å². The Labute approximate surface area is 154 Å². The van der Waals surface area contributed by atoms with Crippen LogP contribution in [0.5, 0.6) is 5.75 Å². The van der Waals surface area contributed by atoms with Gasteiger partial charge in [-0.25, -0.2) is 4.98 Å². The first-order valence-corrected chi connectivity index (χ1v) is 8.40. The maximum absolute atomic E-state index is 13.0. The van der Waals surface area contributed by atoms with Crippen LogP contribution >= 0.6 is 11.6 Å². The standard InChI is InChI=1S/C18H18ClN3O4/c1-4-26-17-12(19)7-5-10-15(17)22(9-14(23)24)18-11(16(10)25)6-8-13(20-18)21(2)3/h5-8H,4,9H2,1-3H3,(H,23,24). The van der Waals surface area contributed by atoms with Gasteiger partial charge in [0, 0.05) is 14.1 Å². The van der Waals surface area contributed by atoms with Crippen LogP contribution in [-0.4, -0.2) is 41.3 Å².